The molecule has 0 unspecified atom stereocenters. The highest BCUT2D eigenvalue weighted by Gasteiger charge is 2.60. The van der Waals surface area contributed by atoms with Gasteiger partial charge in [0.25, 0.3) is 0 Å². The van der Waals surface area contributed by atoms with Gasteiger partial charge in [0, 0.05) is 17.5 Å². The number of fused-ring (bicyclic) bond motifs is 1. The van der Waals surface area contributed by atoms with E-state index in [1.807, 2.05) is 32.9 Å². The average Bonchev–Trinajstić information content (AvgIpc) is 3.51. The number of hydrogen-bond acceptors (Lipinski definition) is 6. The number of nitrogens with zero attached hydrogens (tertiary/aromatic N) is 3. The third-order valence-electron chi connectivity index (χ3n) is 8.50. The molecule has 0 aliphatic heterocycles. The molecule has 2 heterocycles. The Kier molecular flexibility index (Phi) is 6.08. The standard InChI is InChI=1S/C30H35N5O3/c1-29(2,3)28-34-27(38-35-28)26(37)32-23-8-5-4-7-20-15-18(9-10-21(20)23)19-11-14-31-24(16-19)33-25(36)22-17-30(22)12-6-13-30/h9-11,14-16,22-23H,4-8,12-13,17H2,1-3H3,(H,32,37)(H,31,33,36)/t22-,23+/m1/s1. The maximum Gasteiger partial charge on any atom is 0.315 e. The molecule has 2 fully saturated rings. The van der Waals surface area contributed by atoms with Gasteiger partial charge in [-0.05, 0) is 78.3 Å². The van der Waals surface area contributed by atoms with E-state index in [2.05, 4.69) is 44.0 Å². The zero-order valence-electron chi connectivity index (χ0n) is 22.3. The molecule has 1 aromatic carbocycles. The Balaban J connectivity index is 1.18. The van der Waals surface area contributed by atoms with Crippen LogP contribution in [0.25, 0.3) is 11.1 Å². The van der Waals surface area contributed by atoms with Gasteiger partial charge in [0.2, 0.25) is 5.91 Å². The van der Waals surface area contributed by atoms with Crippen molar-refractivity contribution in [2.24, 2.45) is 11.3 Å². The van der Waals surface area contributed by atoms with Crippen molar-refractivity contribution >= 4 is 17.6 Å². The van der Waals surface area contributed by atoms with Gasteiger partial charge in [-0.1, -0.05) is 57.0 Å². The normalized spacial score (nSPS) is 21.7. The minimum absolute atomic E-state index is 0.00173. The Bertz CT molecular complexity index is 1380. The Morgan fingerprint density at radius 1 is 1.05 bits per heavy atom. The van der Waals surface area contributed by atoms with Gasteiger partial charge in [-0.25, -0.2) is 4.98 Å². The Morgan fingerprint density at radius 2 is 1.87 bits per heavy atom. The van der Waals surface area contributed by atoms with E-state index in [-0.39, 0.29) is 35.1 Å². The van der Waals surface area contributed by atoms with Gasteiger partial charge in [0.15, 0.2) is 5.82 Å². The van der Waals surface area contributed by atoms with E-state index in [0.717, 1.165) is 48.8 Å². The highest BCUT2D eigenvalue weighted by atomic mass is 16.5. The number of hydrogen-bond donors (Lipinski definition) is 2. The number of nitrogens with one attached hydrogen (secondary N) is 2. The minimum atomic E-state index is -0.344. The lowest BCUT2D eigenvalue weighted by Crippen LogP contribution is -2.29. The fourth-order valence-corrected chi connectivity index (χ4v) is 5.95. The minimum Gasteiger partial charge on any atom is -0.341 e. The maximum atomic E-state index is 13.0. The second kappa shape index (κ2) is 9.33. The summed E-state index contributed by atoms with van der Waals surface area (Å²) in [4.78, 5) is 34.4. The number of amides is 2. The summed E-state index contributed by atoms with van der Waals surface area (Å²) in [5.74, 6) is 1.02. The van der Waals surface area contributed by atoms with Crippen LogP contribution < -0.4 is 10.6 Å². The molecule has 0 saturated heterocycles. The molecule has 0 radical (unpaired) electrons. The van der Waals surface area contributed by atoms with Crippen LogP contribution in [0.5, 0.6) is 0 Å². The second-order valence-electron chi connectivity index (χ2n) is 12.3. The third kappa shape index (κ3) is 4.72. The lowest BCUT2D eigenvalue weighted by Gasteiger charge is -2.26. The quantitative estimate of drug-likeness (QED) is 0.420. The number of carbonyl (C=O) groups excluding carboxylic acids is 2. The average molecular weight is 514 g/mol. The molecule has 38 heavy (non-hydrogen) atoms. The maximum absolute atomic E-state index is 13.0. The molecule has 0 bridgehead atoms. The molecule has 1 spiro atoms. The monoisotopic (exact) mass is 513 g/mol. The van der Waals surface area contributed by atoms with Crippen LogP contribution in [-0.4, -0.2) is 26.9 Å². The first-order valence-electron chi connectivity index (χ1n) is 13.8. The first kappa shape index (κ1) is 24.8. The lowest BCUT2D eigenvalue weighted by atomic mass is 9.80. The fraction of sp³-hybridized carbons (Fsp3) is 0.500. The molecule has 3 aliphatic rings. The van der Waals surface area contributed by atoms with Crippen molar-refractivity contribution in [1.82, 2.24) is 20.4 Å². The van der Waals surface area contributed by atoms with Crippen molar-refractivity contribution in [1.29, 1.82) is 0 Å². The Labute approximate surface area is 223 Å². The van der Waals surface area contributed by atoms with Gasteiger partial charge in [-0.15, -0.1) is 0 Å². The summed E-state index contributed by atoms with van der Waals surface area (Å²) in [6.45, 7) is 5.95. The predicted molar refractivity (Wildman–Crippen MR) is 143 cm³/mol. The topological polar surface area (TPSA) is 110 Å². The van der Waals surface area contributed by atoms with E-state index in [0.29, 0.717) is 17.1 Å². The van der Waals surface area contributed by atoms with Crippen molar-refractivity contribution in [2.45, 2.75) is 83.6 Å². The van der Waals surface area contributed by atoms with E-state index >= 15 is 0 Å². The second-order valence-corrected chi connectivity index (χ2v) is 12.3. The third-order valence-corrected chi connectivity index (χ3v) is 8.50. The van der Waals surface area contributed by atoms with Crippen LogP contribution in [-0.2, 0) is 16.6 Å². The van der Waals surface area contributed by atoms with E-state index < -0.39 is 0 Å². The number of benzene rings is 1. The molecule has 8 heteroatoms. The molecular formula is C30H35N5O3. The van der Waals surface area contributed by atoms with Crippen LogP contribution >= 0.6 is 0 Å². The smallest absolute Gasteiger partial charge is 0.315 e. The van der Waals surface area contributed by atoms with E-state index in [4.69, 9.17) is 4.52 Å². The summed E-state index contributed by atoms with van der Waals surface area (Å²) in [5.41, 5.74) is 4.43. The van der Waals surface area contributed by atoms with E-state index in [1.54, 1.807) is 6.20 Å². The van der Waals surface area contributed by atoms with Gasteiger partial charge in [0.05, 0.1) is 6.04 Å². The van der Waals surface area contributed by atoms with E-state index in [9.17, 15) is 9.59 Å². The van der Waals surface area contributed by atoms with Gasteiger partial charge < -0.3 is 15.2 Å². The first-order chi connectivity index (χ1) is 18.2. The number of aromatic nitrogens is 3. The zero-order chi connectivity index (χ0) is 26.5. The van der Waals surface area contributed by atoms with Crippen LogP contribution in [0.4, 0.5) is 5.82 Å². The number of carbonyl (C=O) groups is 2. The predicted octanol–water partition coefficient (Wildman–Crippen LogP) is 5.76. The van der Waals surface area contributed by atoms with Crippen molar-refractivity contribution in [3.05, 3.63) is 59.4 Å². The highest BCUT2D eigenvalue weighted by Crippen LogP contribution is 2.65. The molecule has 2 saturated carbocycles. The number of aryl methyl sites for hydroxylation is 1. The van der Waals surface area contributed by atoms with Crippen molar-refractivity contribution in [2.75, 3.05) is 5.32 Å². The molecule has 2 N–H and O–H groups in total. The Hall–Kier alpha value is -3.55. The van der Waals surface area contributed by atoms with Crippen molar-refractivity contribution in [3.63, 3.8) is 0 Å². The molecule has 8 nitrogen and oxygen atoms in total. The molecule has 2 aromatic heterocycles. The van der Waals surface area contributed by atoms with Crippen LogP contribution in [0.2, 0.25) is 0 Å². The summed E-state index contributed by atoms with van der Waals surface area (Å²) >= 11 is 0. The van der Waals surface area contributed by atoms with Gasteiger partial charge >= 0.3 is 11.8 Å². The molecular weight excluding hydrogens is 478 g/mol. The van der Waals surface area contributed by atoms with Gasteiger partial charge in [-0.2, -0.15) is 4.98 Å². The van der Waals surface area contributed by atoms with Gasteiger partial charge in [0.1, 0.15) is 5.82 Å². The van der Waals surface area contributed by atoms with Crippen molar-refractivity contribution in [3.8, 4) is 11.1 Å². The summed E-state index contributed by atoms with van der Waals surface area (Å²) in [6, 6.07) is 10.2. The van der Waals surface area contributed by atoms with E-state index in [1.165, 1.54) is 24.8 Å². The highest BCUT2D eigenvalue weighted by molar-refractivity contribution is 5.95. The van der Waals surface area contributed by atoms with Crippen LogP contribution in [0.1, 0.15) is 99.4 Å². The van der Waals surface area contributed by atoms with Crippen molar-refractivity contribution < 1.29 is 14.1 Å². The molecule has 2 atom stereocenters. The molecule has 3 aliphatic carbocycles. The fourth-order valence-electron chi connectivity index (χ4n) is 5.95. The zero-order valence-corrected chi connectivity index (χ0v) is 22.3. The Morgan fingerprint density at radius 3 is 2.58 bits per heavy atom. The number of pyridine rings is 1. The first-order valence-corrected chi connectivity index (χ1v) is 13.8. The lowest BCUT2D eigenvalue weighted by molar-refractivity contribution is -0.118. The number of rotatable bonds is 5. The van der Waals surface area contributed by atoms with Crippen LogP contribution in [0.15, 0.2) is 41.1 Å². The molecule has 3 aromatic rings. The summed E-state index contributed by atoms with van der Waals surface area (Å²) in [7, 11) is 0. The number of anilines is 1. The molecule has 198 valence electrons. The molecule has 6 rings (SSSR count). The van der Waals surface area contributed by atoms with Crippen LogP contribution in [0.3, 0.4) is 0 Å². The largest absolute Gasteiger partial charge is 0.341 e. The van der Waals surface area contributed by atoms with Gasteiger partial charge in [-0.3, -0.25) is 9.59 Å². The van der Waals surface area contributed by atoms with Crippen LogP contribution in [0, 0.1) is 11.3 Å². The SMILES string of the molecule is CC(C)(C)c1noc(C(=O)N[C@H]2CCCCc3cc(-c4ccnc(NC(=O)[C@H]5CC56CCC6)c4)ccc32)n1. The summed E-state index contributed by atoms with van der Waals surface area (Å²) in [5, 5.41) is 10.2. The summed E-state index contributed by atoms with van der Waals surface area (Å²) < 4.78 is 5.26. The molecule has 2 amide bonds. The summed E-state index contributed by atoms with van der Waals surface area (Å²) in [6.07, 6.45) is 10.3.